The fourth-order valence-corrected chi connectivity index (χ4v) is 1.82. The van der Waals surface area contributed by atoms with Gasteiger partial charge < -0.3 is 4.74 Å². The summed E-state index contributed by atoms with van der Waals surface area (Å²) in [6, 6.07) is 4.25. The molecule has 0 fully saturated rings. The molecule has 2 aromatic rings. The van der Waals surface area contributed by atoms with Crippen molar-refractivity contribution in [1.29, 1.82) is 0 Å². The van der Waals surface area contributed by atoms with Gasteiger partial charge in [-0.25, -0.2) is 4.39 Å². The highest BCUT2D eigenvalue weighted by Gasteiger charge is 2.13. The zero-order valence-electron chi connectivity index (χ0n) is 9.87. The topological polar surface area (TPSA) is 39.2 Å². The highest BCUT2D eigenvalue weighted by Crippen LogP contribution is 2.28. The van der Waals surface area contributed by atoms with Gasteiger partial charge in [0.15, 0.2) is 5.78 Å². The summed E-state index contributed by atoms with van der Waals surface area (Å²) in [5, 5.41) is 0.517. The molecular formula is C13H12FNO2. The first-order valence-corrected chi connectivity index (χ1v) is 5.18. The third-order valence-corrected chi connectivity index (χ3v) is 2.57. The smallest absolute Gasteiger partial charge is 0.162 e. The Morgan fingerprint density at radius 2 is 2.06 bits per heavy atom. The zero-order valence-corrected chi connectivity index (χ0v) is 9.87. The molecule has 0 radical (unpaired) electrons. The fourth-order valence-electron chi connectivity index (χ4n) is 1.82. The van der Waals surface area contributed by atoms with Crippen LogP contribution in [0.25, 0.3) is 10.9 Å². The lowest BCUT2D eigenvalue weighted by molar-refractivity contribution is 0.101. The summed E-state index contributed by atoms with van der Waals surface area (Å²) in [6.07, 6.45) is 0. The van der Waals surface area contributed by atoms with Crippen molar-refractivity contribution in [1.82, 2.24) is 4.98 Å². The van der Waals surface area contributed by atoms with Gasteiger partial charge in [-0.15, -0.1) is 0 Å². The molecule has 4 heteroatoms. The van der Waals surface area contributed by atoms with Gasteiger partial charge >= 0.3 is 0 Å². The molecule has 0 unspecified atom stereocenters. The number of fused-ring (bicyclic) bond motifs is 1. The van der Waals surface area contributed by atoms with E-state index in [4.69, 9.17) is 4.74 Å². The minimum atomic E-state index is -0.466. The molecule has 1 aromatic carbocycles. The van der Waals surface area contributed by atoms with E-state index in [2.05, 4.69) is 4.98 Å². The first-order valence-electron chi connectivity index (χ1n) is 5.18. The average Bonchev–Trinajstić information content (AvgIpc) is 2.27. The van der Waals surface area contributed by atoms with Gasteiger partial charge in [-0.05, 0) is 26.0 Å². The number of benzene rings is 1. The van der Waals surface area contributed by atoms with E-state index in [1.54, 1.807) is 13.0 Å². The van der Waals surface area contributed by atoms with Crippen LogP contribution in [0.4, 0.5) is 4.39 Å². The number of halogens is 1. The molecule has 2 rings (SSSR count). The van der Waals surface area contributed by atoms with Crippen molar-refractivity contribution < 1.29 is 13.9 Å². The second kappa shape index (κ2) is 4.13. The molecule has 1 aromatic heterocycles. The van der Waals surface area contributed by atoms with E-state index in [-0.39, 0.29) is 11.3 Å². The molecule has 3 nitrogen and oxygen atoms in total. The number of aryl methyl sites for hydroxylation is 1. The third-order valence-electron chi connectivity index (χ3n) is 2.57. The van der Waals surface area contributed by atoms with E-state index in [9.17, 15) is 9.18 Å². The molecule has 0 aliphatic carbocycles. The maximum absolute atomic E-state index is 13.4. The predicted octanol–water partition coefficient (Wildman–Crippen LogP) is 2.89. The number of carbonyl (C=O) groups excluding carboxylic acids is 1. The van der Waals surface area contributed by atoms with Gasteiger partial charge in [0.2, 0.25) is 0 Å². The van der Waals surface area contributed by atoms with Crippen LogP contribution in [0.2, 0.25) is 0 Å². The lowest BCUT2D eigenvalue weighted by Crippen LogP contribution is -2.00. The Hall–Kier alpha value is -1.97. The molecule has 0 atom stereocenters. The van der Waals surface area contributed by atoms with E-state index in [1.165, 1.54) is 26.2 Å². The molecule has 17 heavy (non-hydrogen) atoms. The number of pyridine rings is 1. The summed E-state index contributed by atoms with van der Waals surface area (Å²) in [5.41, 5.74) is 1.49. The van der Waals surface area contributed by atoms with Crippen LogP contribution < -0.4 is 4.74 Å². The van der Waals surface area contributed by atoms with E-state index in [0.717, 1.165) is 5.69 Å². The summed E-state index contributed by atoms with van der Waals surface area (Å²) in [4.78, 5) is 15.8. The third kappa shape index (κ3) is 1.98. The second-order valence-corrected chi connectivity index (χ2v) is 3.87. The van der Waals surface area contributed by atoms with Gasteiger partial charge in [0, 0.05) is 22.7 Å². The minimum Gasteiger partial charge on any atom is -0.496 e. The van der Waals surface area contributed by atoms with Crippen molar-refractivity contribution >= 4 is 16.7 Å². The van der Waals surface area contributed by atoms with Gasteiger partial charge in [0.25, 0.3) is 0 Å². The van der Waals surface area contributed by atoms with Crippen LogP contribution in [0, 0.1) is 12.7 Å². The largest absolute Gasteiger partial charge is 0.496 e. The average molecular weight is 233 g/mol. The zero-order chi connectivity index (χ0) is 12.6. The van der Waals surface area contributed by atoms with Crippen LogP contribution in [0.15, 0.2) is 18.2 Å². The first-order chi connectivity index (χ1) is 8.02. The molecule has 1 heterocycles. The van der Waals surface area contributed by atoms with Crippen molar-refractivity contribution in [3.8, 4) is 5.75 Å². The Kier molecular flexibility index (Phi) is 2.79. The quantitative estimate of drug-likeness (QED) is 0.749. The second-order valence-electron chi connectivity index (χ2n) is 3.87. The van der Waals surface area contributed by atoms with Gasteiger partial charge in [0.05, 0.1) is 12.6 Å². The van der Waals surface area contributed by atoms with Crippen LogP contribution in [-0.4, -0.2) is 17.9 Å². The fraction of sp³-hybridized carbons (Fsp3) is 0.231. The molecular weight excluding hydrogens is 221 g/mol. The number of methoxy groups -OCH3 is 1. The maximum atomic E-state index is 13.4. The number of ketones is 1. The first kappa shape index (κ1) is 11.5. The van der Waals surface area contributed by atoms with Crippen LogP contribution in [0.3, 0.4) is 0 Å². The number of aromatic nitrogens is 1. The highest BCUT2D eigenvalue weighted by atomic mass is 19.1. The van der Waals surface area contributed by atoms with E-state index >= 15 is 0 Å². The summed E-state index contributed by atoms with van der Waals surface area (Å²) in [7, 11) is 1.51. The Morgan fingerprint density at radius 1 is 1.35 bits per heavy atom. The van der Waals surface area contributed by atoms with Gasteiger partial charge in [-0.1, -0.05) is 0 Å². The lowest BCUT2D eigenvalue weighted by atomic mass is 10.1. The number of carbonyl (C=O) groups is 1. The molecule has 0 spiro atoms. The van der Waals surface area contributed by atoms with Crippen molar-refractivity contribution in [2.45, 2.75) is 13.8 Å². The predicted molar refractivity (Wildman–Crippen MR) is 63.0 cm³/mol. The molecule has 0 aliphatic rings. The molecule has 0 saturated heterocycles. The van der Waals surface area contributed by atoms with Crippen LogP contribution in [0.5, 0.6) is 5.75 Å². The number of rotatable bonds is 2. The SMILES string of the molecule is COc1cc(C)nc2c(C(C)=O)cc(F)cc12. The highest BCUT2D eigenvalue weighted by molar-refractivity contribution is 6.06. The Bertz CT molecular complexity index is 608. The molecule has 88 valence electrons. The summed E-state index contributed by atoms with van der Waals surface area (Å²) in [6.45, 7) is 3.19. The van der Waals surface area contributed by atoms with Crippen LogP contribution >= 0.6 is 0 Å². The number of Topliss-reactive ketones (excluding diaryl/α,β-unsaturated/α-hetero) is 1. The molecule has 0 aliphatic heterocycles. The monoisotopic (exact) mass is 233 g/mol. The van der Waals surface area contributed by atoms with Crippen molar-refractivity contribution in [3.63, 3.8) is 0 Å². The Morgan fingerprint density at radius 3 is 2.65 bits per heavy atom. The van der Waals surface area contributed by atoms with E-state index < -0.39 is 5.82 Å². The summed E-state index contributed by atoms with van der Waals surface area (Å²) < 4.78 is 18.6. The maximum Gasteiger partial charge on any atom is 0.162 e. The minimum absolute atomic E-state index is 0.213. The van der Waals surface area contributed by atoms with Gasteiger partial charge in [-0.2, -0.15) is 0 Å². The molecule has 0 amide bonds. The lowest BCUT2D eigenvalue weighted by Gasteiger charge is -2.09. The molecule has 0 bridgehead atoms. The normalized spacial score (nSPS) is 10.6. The van der Waals surface area contributed by atoms with Crippen molar-refractivity contribution in [2.75, 3.05) is 7.11 Å². The Labute approximate surface area is 98.2 Å². The Balaban J connectivity index is 2.93. The number of ether oxygens (including phenoxy) is 1. The van der Waals surface area contributed by atoms with Crippen LogP contribution in [0.1, 0.15) is 23.0 Å². The standard InChI is InChI=1S/C13H12FNO2/c1-7-4-12(17-3)11-6-9(14)5-10(8(2)16)13(11)15-7/h4-6H,1-3H3. The van der Waals surface area contributed by atoms with Crippen LogP contribution in [-0.2, 0) is 0 Å². The molecule has 0 N–H and O–H groups in total. The summed E-state index contributed by atoms with van der Waals surface area (Å²) in [5.74, 6) is -0.157. The van der Waals surface area contributed by atoms with Crippen molar-refractivity contribution in [2.24, 2.45) is 0 Å². The number of hydrogen-bond acceptors (Lipinski definition) is 3. The van der Waals surface area contributed by atoms with E-state index in [0.29, 0.717) is 16.7 Å². The number of nitrogens with zero attached hydrogens (tertiary/aromatic N) is 1. The van der Waals surface area contributed by atoms with Gasteiger partial charge in [-0.3, -0.25) is 9.78 Å². The number of hydrogen-bond donors (Lipinski definition) is 0. The summed E-state index contributed by atoms with van der Waals surface area (Å²) >= 11 is 0. The van der Waals surface area contributed by atoms with E-state index in [1.807, 2.05) is 0 Å². The van der Waals surface area contributed by atoms with Crippen molar-refractivity contribution in [3.05, 3.63) is 35.3 Å². The van der Waals surface area contributed by atoms with Gasteiger partial charge in [0.1, 0.15) is 11.6 Å². The molecule has 0 saturated carbocycles.